The Bertz CT molecular complexity index is 248. The fourth-order valence-corrected chi connectivity index (χ4v) is 1.94. The van der Waals surface area contributed by atoms with Crippen molar-refractivity contribution >= 4 is 11.9 Å². The van der Waals surface area contributed by atoms with Crippen LogP contribution >= 0.6 is 0 Å². The largest absolute Gasteiger partial charge is 0.469 e. The summed E-state index contributed by atoms with van der Waals surface area (Å²) in [7, 11) is 1.35. The Kier molecular flexibility index (Phi) is 6.62. The molecule has 1 saturated heterocycles. The predicted molar refractivity (Wildman–Crippen MR) is 64.5 cm³/mol. The summed E-state index contributed by atoms with van der Waals surface area (Å²) >= 11 is 0. The van der Waals surface area contributed by atoms with Gasteiger partial charge in [0.2, 0.25) is 5.91 Å². The molecule has 0 aromatic carbocycles. The third-order valence-corrected chi connectivity index (χ3v) is 2.98. The molecule has 1 rings (SSSR count). The van der Waals surface area contributed by atoms with Crippen LogP contribution in [0.5, 0.6) is 0 Å². The van der Waals surface area contributed by atoms with Gasteiger partial charge in [-0.15, -0.1) is 0 Å². The van der Waals surface area contributed by atoms with Gasteiger partial charge in [0.15, 0.2) is 0 Å². The lowest BCUT2D eigenvalue weighted by Crippen LogP contribution is -2.45. The number of ether oxygens (including phenoxy) is 1. The first-order valence-electron chi connectivity index (χ1n) is 6.32. The Balaban J connectivity index is 2.22. The standard InChI is InChI=1S/C12H22N2O3/c1-17-11(15)7-9-14-12(16)10-6-4-2-3-5-8-13-10/h10,13H,2-9H2,1H3,(H,14,16). The summed E-state index contributed by atoms with van der Waals surface area (Å²) in [6.45, 7) is 1.25. The number of hydrogen-bond donors (Lipinski definition) is 2. The lowest BCUT2D eigenvalue weighted by Gasteiger charge is -2.20. The summed E-state index contributed by atoms with van der Waals surface area (Å²) in [4.78, 5) is 22.7. The number of methoxy groups -OCH3 is 1. The molecule has 0 aromatic rings. The quantitative estimate of drug-likeness (QED) is 0.708. The van der Waals surface area contributed by atoms with Gasteiger partial charge in [0.25, 0.3) is 0 Å². The highest BCUT2D eigenvalue weighted by atomic mass is 16.5. The van der Waals surface area contributed by atoms with E-state index in [4.69, 9.17) is 0 Å². The normalized spacial score (nSPS) is 21.1. The van der Waals surface area contributed by atoms with Crippen molar-refractivity contribution in [2.75, 3.05) is 20.2 Å². The van der Waals surface area contributed by atoms with Gasteiger partial charge in [-0.3, -0.25) is 9.59 Å². The Morgan fingerprint density at radius 3 is 2.82 bits per heavy atom. The lowest BCUT2D eigenvalue weighted by atomic mass is 10.0. The van der Waals surface area contributed by atoms with Gasteiger partial charge in [-0.05, 0) is 19.4 Å². The van der Waals surface area contributed by atoms with Gasteiger partial charge in [0, 0.05) is 6.54 Å². The minimum absolute atomic E-state index is 0.00389. The zero-order valence-corrected chi connectivity index (χ0v) is 10.5. The molecule has 0 aromatic heterocycles. The maximum absolute atomic E-state index is 11.8. The molecule has 1 aliphatic rings. The second kappa shape index (κ2) is 8.06. The molecule has 0 saturated carbocycles. The van der Waals surface area contributed by atoms with Crippen LogP contribution in [0, 0.1) is 0 Å². The van der Waals surface area contributed by atoms with Gasteiger partial charge in [-0.2, -0.15) is 0 Å². The second-order valence-electron chi connectivity index (χ2n) is 4.33. The topological polar surface area (TPSA) is 67.4 Å². The van der Waals surface area contributed by atoms with E-state index in [1.165, 1.54) is 20.0 Å². The summed E-state index contributed by atoms with van der Waals surface area (Å²) < 4.78 is 4.51. The molecular weight excluding hydrogens is 220 g/mol. The van der Waals surface area contributed by atoms with Crippen molar-refractivity contribution in [3.8, 4) is 0 Å². The van der Waals surface area contributed by atoms with E-state index in [1.54, 1.807) is 0 Å². The van der Waals surface area contributed by atoms with Crippen LogP contribution in [0.1, 0.15) is 38.5 Å². The maximum Gasteiger partial charge on any atom is 0.307 e. The fraction of sp³-hybridized carbons (Fsp3) is 0.833. The summed E-state index contributed by atoms with van der Waals surface area (Å²) in [6, 6.07) is -0.104. The molecule has 0 radical (unpaired) electrons. The van der Waals surface area contributed by atoms with E-state index >= 15 is 0 Å². The van der Waals surface area contributed by atoms with Gasteiger partial charge < -0.3 is 15.4 Å². The van der Waals surface area contributed by atoms with Crippen molar-refractivity contribution in [3.05, 3.63) is 0 Å². The van der Waals surface area contributed by atoms with E-state index in [9.17, 15) is 9.59 Å². The molecule has 1 amide bonds. The Hall–Kier alpha value is -1.10. The van der Waals surface area contributed by atoms with E-state index < -0.39 is 0 Å². The minimum atomic E-state index is -0.295. The average Bonchev–Trinajstić information content (AvgIpc) is 2.28. The Morgan fingerprint density at radius 2 is 2.06 bits per heavy atom. The third-order valence-electron chi connectivity index (χ3n) is 2.98. The molecule has 0 aliphatic carbocycles. The van der Waals surface area contributed by atoms with E-state index in [1.807, 2.05) is 0 Å². The van der Waals surface area contributed by atoms with Crippen LogP contribution in [0.25, 0.3) is 0 Å². The first-order chi connectivity index (χ1) is 8.24. The zero-order valence-electron chi connectivity index (χ0n) is 10.5. The highest BCUT2D eigenvalue weighted by Gasteiger charge is 2.18. The molecule has 5 nitrogen and oxygen atoms in total. The fourth-order valence-electron chi connectivity index (χ4n) is 1.94. The molecule has 1 atom stereocenters. The molecule has 17 heavy (non-hydrogen) atoms. The monoisotopic (exact) mass is 242 g/mol. The van der Waals surface area contributed by atoms with E-state index in [-0.39, 0.29) is 24.3 Å². The number of carbonyl (C=O) groups is 2. The van der Waals surface area contributed by atoms with Gasteiger partial charge in [-0.1, -0.05) is 19.3 Å². The number of hydrogen-bond acceptors (Lipinski definition) is 4. The molecule has 1 fully saturated rings. The number of rotatable bonds is 4. The van der Waals surface area contributed by atoms with Crippen molar-refractivity contribution in [1.82, 2.24) is 10.6 Å². The molecule has 5 heteroatoms. The number of amides is 1. The predicted octanol–water partition coefficient (Wildman–Crippen LogP) is 0.588. The maximum atomic E-state index is 11.8. The number of carbonyl (C=O) groups excluding carboxylic acids is 2. The number of esters is 1. The first kappa shape index (κ1) is 14.0. The van der Waals surface area contributed by atoms with E-state index in [0.717, 1.165) is 25.8 Å². The van der Waals surface area contributed by atoms with Gasteiger partial charge >= 0.3 is 5.97 Å². The Labute approximate surface area is 102 Å². The van der Waals surface area contributed by atoms with Crippen LogP contribution in [0.2, 0.25) is 0 Å². The average molecular weight is 242 g/mol. The summed E-state index contributed by atoms with van der Waals surface area (Å²) in [5.74, 6) is -0.299. The smallest absolute Gasteiger partial charge is 0.307 e. The van der Waals surface area contributed by atoms with E-state index in [2.05, 4.69) is 15.4 Å². The lowest BCUT2D eigenvalue weighted by molar-refractivity contribution is -0.140. The van der Waals surface area contributed by atoms with Gasteiger partial charge in [-0.25, -0.2) is 0 Å². The van der Waals surface area contributed by atoms with Crippen molar-refractivity contribution < 1.29 is 14.3 Å². The molecule has 0 bridgehead atoms. The molecule has 1 aliphatic heterocycles. The Morgan fingerprint density at radius 1 is 1.29 bits per heavy atom. The van der Waals surface area contributed by atoms with Crippen LogP contribution in [-0.4, -0.2) is 38.1 Å². The highest BCUT2D eigenvalue weighted by molar-refractivity contribution is 5.82. The molecule has 0 spiro atoms. The molecule has 1 heterocycles. The molecule has 1 unspecified atom stereocenters. The van der Waals surface area contributed by atoms with Crippen molar-refractivity contribution in [3.63, 3.8) is 0 Å². The van der Waals surface area contributed by atoms with E-state index in [0.29, 0.717) is 6.54 Å². The van der Waals surface area contributed by atoms with Crippen LogP contribution in [0.3, 0.4) is 0 Å². The molecule has 98 valence electrons. The summed E-state index contributed by atoms with van der Waals surface area (Å²) in [5, 5.41) is 6.01. The number of nitrogens with one attached hydrogen (secondary N) is 2. The second-order valence-corrected chi connectivity index (χ2v) is 4.33. The summed E-state index contributed by atoms with van der Waals surface area (Å²) in [6.07, 6.45) is 5.77. The van der Waals surface area contributed by atoms with Crippen molar-refractivity contribution in [2.45, 2.75) is 44.6 Å². The van der Waals surface area contributed by atoms with Gasteiger partial charge in [0.1, 0.15) is 0 Å². The third kappa shape index (κ3) is 5.68. The first-order valence-corrected chi connectivity index (χ1v) is 6.32. The van der Waals surface area contributed by atoms with Crippen LogP contribution in [-0.2, 0) is 14.3 Å². The highest BCUT2D eigenvalue weighted by Crippen LogP contribution is 2.09. The molecular formula is C12H22N2O3. The zero-order chi connectivity index (χ0) is 12.5. The van der Waals surface area contributed by atoms with Gasteiger partial charge in [0.05, 0.1) is 19.6 Å². The van der Waals surface area contributed by atoms with Crippen molar-refractivity contribution in [1.29, 1.82) is 0 Å². The van der Waals surface area contributed by atoms with Crippen LogP contribution in [0.15, 0.2) is 0 Å². The SMILES string of the molecule is COC(=O)CCNC(=O)C1CCCCCCN1. The van der Waals surface area contributed by atoms with Crippen LogP contribution in [0.4, 0.5) is 0 Å². The molecule has 2 N–H and O–H groups in total. The summed E-state index contributed by atoms with van der Waals surface area (Å²) in [5.41, 5.74) is 0. The minimum Gasteiger partial charge on any atom is -0.469 e. The van der Waals surface area contributed by atoms with Crippen molar-refractivity contribution in [2.24, 2.45) is 0 Å². The van der Waals surface area contributed by atoms with Crippen LogP contribution < -0.4 is 10.6 Å².